The molecule has 0 spiro atoms. The van der Waals surface area contributed by atoms with Crippen molar-refractivity contribution in [3.05, 3.63) is 69.7 Å². The lowest BCUT2D eigenvalue weighted by Gasteiger charge is -1.99. The summed E-state index contributed by atoms with van der Waals surface area (Å²) in [6.45, 7) is 0. The van der Waals surface area contributed by atoms with E-state index in [1.165, 1.54) is 12.1 Å². The Morgan fingerprint density at radius 1 is 1.00 bits per heavy atom. The number of benzene rings is 2. The van der Waals surface area contributed by atoms with Gasteiger partial charge in [0.1, 0.15) is 5.75 Å². The van der Waals surface area contributed by atoms with E-state index in [-0.39, 0.29) is 11.5 Å². The maximum absolute atomic E-state index is 11.9. The number of carbonyl (C=O) groups is 1. The first kappa shape index (κ1) is 13.7. The molecule has 0 heterocycles. The predicted molar refractivity (Wildman–Crippen MR) is 77.9 cm³/mol. The molecule has 4 heteroatoms. The van der Waals surface area contributed by atoms with E-state index < -0.39 is 0 Å². The van der Waals surface area contributed by atoms with E-state index in [0.717, 1.165) is 5.56 Å². The minimum Gasteiger partial charge on any atom is -0.508 e. The van der Waals surface area contributed by atoms with Gasteiger partial charge in [0.25, 0.3) is 0 Å². The van der Waals surface area contributed by atoms with Crippen LogP contribution in [0.25, 0.3) is 6.08 Å². The second-order valence-corrected chi connectivity index (χ2v) is 4.73. The largest absolute Gasteiger partial charge is 0.508 e. The van der Waals surface area contributed by atoms with Gasteiger partial charge in [-0.2, -0.15) is 0 Å². The van der Waals surface area contributed by atoms with Gasteiger partial charge in [0.2, 0.25) is 0 Å². The highest BCUT2D eigenvalue weighted by Gasteiger charge is 2.04. The third kappa shape index (κ3) is 3.60. The van der Waals surface area contributed by atoms with Gasteiger partial charge < -0.3 is 5.11 Å². The fourth-order valence-electron chi connectivity index (χ4n) is 1.50. The van der Waals surface area contributed by atoms with E-state index in [1.807, 2.05) is 0 Å². The second-order valence-electron chi connectivity index (χ2n) is 3.92. The molecule has 2 nitrogen and oxygen atoms in total. The highest BCUT2D eigenvalue weighted by Crippen LogP contribution is 2.23. The first-order valence-electron chi connectivity index (χ1n) is 5.53. The molecule has 2 rings (SSSR count). The molecule has 0 aliphatic rings. The summed E-state index contributed by atoms with van der Waals surface area (Å²) in [5, 5.41) is 9.92. The summed E-state index contributed by atoms with van der Waals surface area (Å²) >= 11 is 11.6. The third-order valence-corrected chi connectivity index (χ3v) is 3.26. The molecule has 0 aromatic heterocycles. The van der Waals surface area contributed by atoms with Crippen molar-refractivity contribution in [2.24, 2.45) is 0 Å². The van der Waals surface area contributed by atoms with E-state index in [2.05, 4.69) is 0 Å². The lowest BCUT2D eigenvalue weighted by Crippen LogP contribution is -1.93. The number of phenols is 1. The van der Waals surface area contributed by atoms with Crippen LogP contribution >= 0.6 is 23.2 Å². The number of hydrogen-bond donors (Lipinski definition) is 1. The molecule has 19 heavy (non-hydrogen) atoms. The van der Waals surface area contributed by atoms with E-state index in [0.29, 0.717) is 15.6 Å². The van der Waals surface area contributed by atoms with Crippen LogP contribution in [0.5, 0.6) is 5.75 Å². The molecule has 2 aromatic carbocycles. The molecule has 0 saturated carbocycles. The van der Waals surface area contributed by atoms with Crippen LogP contribution in [0.15, 0.2) is 48.5 Å². The Labute approximate surface area is 120 Å². The van der Waals surface area contributed by atoms with Crippen molar-refractivity contribution in [2.45, 2.75) is 0 Å². The van der Waals surface area contributed by atoms with Gasteiger partial charge in [0.15, 0.2) is 5.78 Å². The molecule has 0 aliphatic carbocycles. The van der Waals surface area contributed by atoms with Crippen LogP contribution in [-0.2, 0) is 0 Å². The minimum atomic E-state index is -0.161. The van der Waals surface area contributed by atoms with Gasteiger partial charge in [0, 0.05) is 5.56 Å². The van der Waals surface area contributed by atoms with Crippen LogP contribution in [-0.4, -0.2) is 10.9 Å². The van der Waals surface area contributed by atoms with E-state index in [4.69, 9.17) is 28.3 Å². The van der Waals surface area contributed by atoms with E-state index >= 15 is 0 Å². The van der Waals surface area contributed by atoms with Crippen molar-refractivity contribution < 1.29 is 9.90 Å². The van der Waals surface area contributed by atoms with Gasteiger partial charge >= 0.3 is 0 Å². The highest BCUT2D eigenvalue weighted by atomic mass is 35.5. The van der Waals surface area contributed by atoms with Crippen LogP contribution < -0.4 is 0 Å². The lowest BCUT2D eigenvalue weighted by molar-refractivity contribution is 0.104. The maximum Gasteiger partial charge on any atom is 0.185 e. The van der Waals surface area contributed by atoms with Gasteiger partial charge in [-0.05, 0) is 42.0 Å². The average molecular weight is 293 g/mol. The predicted octanol–water partition coefficient (Wildman–Crippen LogP) is 4.60. The third-order valence-electron chi connectivity index (χ3n) is 2.52. The zero-order valence-corrected chi connectivity index (χ0v) is 11.3. The van der Waals surface area contributed by atoms with Crippen molar-refractivity contribution in [2.75, 3.05) is 0 Å². The summed E-state index contributed by atoms with van der Waals surface area (Å²) in [6.07, 6.45) is 3.12. The SMILES string of the molecule is O=C(C=Cc1ccc(O)cc1)c1ccc(Cl)c(Cl)c1. The second kappa shape index (κ2) is 5.91. The summed E-state index contributed by atoms with van der Waals surface area (Å²) < 4.78 is 0. The summed E-state index contributed by atoms with van der Waals surface area (Å²) in [5.74, 6) is 0.0274. The summed E-state index contributed by atoms with van der Waals surface area (Å²) in [6, 6.07) is 11.3. The maximum atomic E-state index is 11.9. The van der Waals surface area contributed by atoms with Crippen molar-refractivity contribution in [1.29, 1.82) is 0 Å². The number of allylic oxidation sites excluding steroid dienone is 1. The van der Waals surface area contributed by atoms with Gasteiger partial charge in [-0.1, -0.05) is 41.4 Å². The molecule has 0 atom stereocenters. The minimum absolute atomic E-state index is 0.161. The molecule has 0 bridgehead atoms. The molecule has 1 N–H and O–H groups in total. The molecule has 0 amide bonds. The first-order chi connectivity index (χ1) is 9.06. The van der Waals surface area contributed by atoms with Crippen molar-refractivity contribution in [1.82, 2.24) is 0 Å². The van der Waals surface area contributed by atoms with Gasteiger partial charge in [-0.25, -0.2) is 0 Å². The molecule has 0 radical (unpaired) electrons. The Balaban J connectivity index is 2.16. The zero-order chi connectivity index (χ0) is 13.8. The molecular weight excluding hydrogens is 283 g/mol. The number of carbonyl (C=O) groups excluding carboxylic acids is 1. The van der Waals surface area contributed by atoms with Gasteiger partial charge in [-0.15, -0.1) is 0 Å². The molecule has 0 saturated heterocycles. The van der Waals surface area contributed by atoms with Crippen molar-refractivity contribution in [3.8, 4) is 5.75 Å². The molecule has 96 valence electrons. The average Bonchev–Trinajstić information content (AvgIpc) is 2.41. The number of hydrogen-bond acceptors (Lipinski definition) is 2. The molecule has 0 aliphatic heterocycles. The number of aromatic hydroxyl groups is 1. The Bertz CT molecular complexity index is 631. The van der Waals surface area contributed by atoms with Gasteiger partial charge in [-0.3, -0.25) is 4.79 Å². The summed E-state index contributed by atoms with van der Waals surface area (Å²) in [5.41, 5.74) is 1.30. The zero-order valence-electron chi connectivity index (χ0n) is 9.81. The van der Waals surface area contributed by atoms with Gasteiger partial charge in [0.05, 0.1) is 10.0 Å². The summed E-state index contributed by atoms with van der Waals surface area (Å²) in [4.78, 5) is 11.9. The monoisotopic (exact) mass is 292 g/mol. The standard InChI is InChI=1S/C15H10Cl2O2/c16-13-7-4-11(9-14(13)17)15(19)8-3-10-1-5-12(18)6-2-10/h1-9,18H. The van der Waals surface area contributed by atoms with Crippen LogP contribution in [0.2, 0.25) is 10.0 Å². The molecule has 2 aromatic rings. The molecular formula is C15H10Cl2O2. The van der Waals surface area contributed by atoms with Crippen molar-refractivity contribution in [3.63, 3.8) is 0 Å². The smallest absolute Gasteiger partial charge is 0.185 e. The number of rotatable bonds is 3. The van der Waals surface area contributed by atoms with Crippen LogP contribution in [0, 0.1) is 0 Å². The van der Waals surface area contributed by atoms with Crippen LogP contribution in [0.1, 0.15) is 15.9 Å². The van der Waals surface area contributed by atoms with E-state index in [1.54, 1.807) is 42.5 Å². The number of ketones is 1. The van der Waals surface area contributed by atoms with E-state index in [9.17, 15) is 4.79 Å². The van der Waals surface area contributed by atoms with Crippen molar-refractivity contribution >= 4 is 35.1 Å². The Morgan fingerprint density at radius 3 is 2.32 bits per heavy atom. The number of phenolic OH excluding ortho intramolecular Hbond substituents is 1. The molecule has 0 fully saturated rings. The Morgan fingerprint density at radius 2 is 1.68 bits per heavy atom. The van der Waals surface area contributed by atoms with Crippen LogP contribution in [0.3, 0.4) is 0 Å². The quantitative estimate of drug-likeness (QED) is 0.663. The van der Waals surface area contributed by atoms with Crippen LogP contribution in [0.4, 0.5) is 0 Å². The molecule has 0 unspecified atom stereocenters. The fourth-order valence-corrected chi connectivity index (χ4v) is 1.80. The number of halogens is 2. The first-order valence-corrected chi connectivity index (χ1v) is 6.28. The highest BCUT2D eigenvalue weighted by molar-refractivity contribution is 6.42. The fraction of sp³-hybridized carbons (Fsp3) is 0. The topological polar surface area (TPSA) is 37.3 Å². The Kier molecular flexibility index (Phi) is 4.25. The lowest BCUT2D eigenvalue weighted by atomic mass is 10.1. The summed E-state index contributed by atoms with van der Waals surface area (Å²) in [7, 11) is 0. The normalized spacial score (nSPS) is 10.8. The Hall–Kier alpha value is -1.77.